The molecular formula is C13H16F5O4P. The van der Waals surface area contributed by atoms with Gasteiger partial charge in [-0.1, -0.05) is 0 Å². The maximum absolute atomic E-state index is 13.5. The molecule has 0 spiro atoms. The summed E-state index contributed by atoms with van der Waals surface area (Å²) in [5.41, 5.74) is -1.16. The lowest BCUT2D eigenvalue weighted by atomic mass is 10.2. The van der Waals surface area contributed by atoms with Crippen LogP contribution in [-0.2, 0) is 25.0 Å². The third kappa shape index (κ3) is 4.29. The zero-order chi connectivity index (χ0) is 17.8. The molecule has 0 bridgehead atoms. The summed E-state index contributed by atoms with van der Waals surface area (Å²) < 4.78 is 93.3. The van der Waals surface area contributed by atoms with Gasteiger partial charge in [0.2, 0.25) is 5.82 Å². The second kappa shape index (κ2) is 8.19. The highest BCUT2D eigenvalue weighted by molar-refractivity contribution is 7.54. The van der Waals surface area contributed by atoms with Crippen molar-refractivity contribution in [1.82, 2.24) is 0 Å². The van der Waals surface area contributed by atoms with Crippen LogP contribution in [0.5, 0.6) is 0 Å². The molecule has 0 aromatic heterocycles. The Morgan fingerprint density at radius 1 is 0.870 bits per heavy atom. The molecule has 0 fully saturated rings. The summed E-state index contributed by atoms with van der Waals surface area (Å²) in [5.74, 6) is -11.7. The quantitative estimate of drug-likeness (QED) is 0.295. The van der Waals surface area contributed by atoms with Crippen molar-refractivity contribution in [2.45, 2.75) is 33.2 Å². The van der Waals surface area contributed by atoms with Gasteiger partial charge in [-0.05, 0) is 20.8 Å². The van der Waals surface area contributed by atoms with Crippen molar-refractivity contribution in [2.75, 3.05) is 13.2 Å². The summed E-state index contributed by atoms with van der Waals surface area (Å²) in [5, 5.41) is 0. The van der Waals surface area contributed by atoms with Gasteiger partial charge in [-0.3, -0.25) is 4.57 Å². The molecule has 4 nitrogen and oxygen atoms in total. The number of hydrogen-bond acceptors (Lipinski definition) is 4. The van der Waals surface area contributed by atoms with Crippen LogP contribution in [0.3, 0.4) is 0 Å². The molecular weight excluding hydrogens is 346 g/mol. The summed E-state index contributed by atoms with van der Waals surface area (Å²) in [6, 6.07) is 0. The predicted molar refractivity (Wildman–Crippen MR) is 71.3 cm³/mol. The third-order valence-electron chi connectivity index (χ3n) is 2.83. The lowest BCUT2D eigenvalue weighted by Crippen LogP contribution is -2.16. The average molecular weight is 362 g/mol. The Hall–Kier alpha value is -1.02. The molecule has 0 aliphatic heterocycles. The Labute approximate surface area is 130 Å². The zero-order valence-electron chi connectivity index (χ0n) is 12.7. The van der Waals surface area contributed by atoms with Crippen LogP contribution >= 0.6 is 7.60 Å². The molecule has 0 aliphatic rings. The molecule has 1 aromatic carbocycles. The van der Waals surface area contributed by atoms with Gasteiger partial charge in [0.15, 0.2) is 29.1 Å². The fourth-order valence-corrected chi connectivity index (χ4v) is 3.15. The topological polar surface area (TPSA) is 44.8 Å². The normalized spacial score (nSPS) is 13.4. The molecule has 0 aliphatic carbocycles. The second-order valence-electron chi connectivity index (χ2n) is 4.33. The smallest absolute Gasteiger partial charge is 0.358 e. The molecule has 1 atom stereocenters. The van der Waals surface area contributed by atoms with Crippen LogP contribution in [0, 0.1) is 29.1 Å². The maximum Gasteiger partial charge on any atom is 0.358 e. The van der Waals surface area contributed by atoms with Gasteiger partial charge < -0.3 is 13.8 Å². The van der Waals surface area contributed by atoms with Gasteiger partial charge in [0.05, 0.1) is 25.4 Å². The van der Waals surface area contributed by atoms with Crippen molar-refractivity contribution in [1.29, 1.82) is 0 Å². The van der Waals surface area contributed by atoms with Gasteiger partial charge >= 0.3 is 7.60 Å². The molecule has 0 N–H and O–H groups in total. The van der Waals surface area contributed by atoms with Crippen molar-refractivity contribution in [3.05, 3.63) is 34.6 Å². The van der Waals surface area contributed by atoms with E-state index in [-0.39, 0.29) is 13.2 Å². The Morgan fingerprint density at radius 3 is 1.65 bits per heavy atom. The Kier molecular flexibility index (Phi) is 7.13. The van der Waals surface area contributed by atoms with E-state index in [2.05, 4.69) is 0 Å². The van der Waals surface area contributed by atoms with E-state index in [1.165, 1.54) is 6.92 Å². The SMILES string of the molecule is CCOP(=O)(OCC)C(C)OCc1c(F)c(F)c(F)c(F)c1F. The maximum atomic E-state index is 13.5. The first-order valence-corrected chi connectivity index (χ1v) is 8.31. The minimum absolute atomic E-state index is 0.0213. The highest BCUT2D eigenvalue weighted by atomic mass is 31.2. The van der Waals surface area contributed by atoms with Gasteiger partial charge in [-0.25, -0.2) is 22.0 Å². The van der Waals surface area contributed by atoms with E-state index in [1.807, 2.05) is 0 Å². The van der Waals surface area contributed by atoms with Crippen LogP contribution in [0.15, 0.2) is 0 Å². The van der Waals surface area contributed by atoms with Gasteiger partial charge in [-0.15, -0.1) is 0 Å². The van der Waals surface area contributed by atoms with Crippen LogP contribution in [0.1, 0.15) is 26.3 Å². The monoisotopic (exact) mass is 362 g/mol. The zero-order valence-corrected chi connectivity index (χ0v) is 13.6. The minimum Gasteiger partial charge on any atom is -0.361 e. The van der Waals surface area contributed by atoms with Crippen molar-refractivity contribution < 1.29 is 40.3 Å². The van der Waals surface area contributed by atoms with Crippen molar-refractivity contribution in [2.24, 2.45) is 0 Å². The van der Waals surface area contributed by atoms with E-state index in [9.17, 15) is 26.5 Å². The van der Waals surface area contributed by atoms with Gasteiger partial charge in [-0.2, -0.15) is 0 Å². The molecule has 1 rings (SSSR count). The number of benzene rings is 1. The van der Waals surface area contributed by atoms with Crippen LogP contribution in [-0.4, -0.2) is 19.1 Å². The van der Waals surface area contributed by atoms with Gasteiger partial charge in [0.25, 0.3) is 0 Å². The number of hydrogen-bond donors (Lipinski definition) is 0. The van der Waals surface area contributed by atoms with E-state index in [0.717, 1.165) is 0 Å². The fraction of sp³-hybridized carbons (Fsp3) is 0.538. The van der Waals surface area contributed by atoms with E-state index < -0.39 is 54.7 Å². The molecule has 1 unspecified atom stereocenters. The highest BCUT2D eigenvalue weighted by Crippen LogP contribution is 2.53. The van der Waals surface area contributed by atoms with E-state index in [0.29, 0.717) is 0 Å². The van der Waals surface area contributed by atoms with Gasteiger partial charge in [0, 0.05) is 0 Å². The molecule has 23 heavy (non-hydrogen) atoms. The van der Waals surface area contributed by atoms with E-state index >= 15 is 0 Å². The van der Waals surface area contributed by atoms with Crippen LogP contribution in [0.25, 0.3) is 0 Å². The van der Waals surface area contributed by atoms with Crippen LogP contribution in [0.4, 0.5) is 22.0 Å². The molecule has 0 heterocycles. The predicted octanol–water partition coefficient (Wildman–Crippen LogP) is 4.51. The standard InChI is InChI=1S/C13H16F5O4P/c1-4-21-23(19,22-5-2)7(3)20-6-8-9(14)11(16)13(18)12(17)10(8)15/h7H,4-6H2,1-3H3. The molecule has 10 heteroatoms. The van der Waals surface area contributed by atoms with Crippen LogP contribution < -0.4 is 0 Å². The number of ether oxygens (including phenoxy) is 1. The molecule has 132 valence electrons. The first-order chi connectivity index (χ1) is 10.7. The Morgan fingerprint density at radius 2 is 1.26 bits per heavy atom. The average Bonchev–Trinajstić information content (AvgIpc) is 2.51. The first kappa shape index (κ1) is 20.0. The molecule has 0 saturated heterocycles. The Bertz CT molecular complexity index is 572. The lowest BCUT2D eigenvalue weighted by Gasteiger charge is -2.23. The molecule has 1 aromatic rings. The van der Waals surface area contributed by atoms with Crippen molar-refractivity contribution in [3.63, 3.8) is 0 Å². The lowest BCUT2D eigenvalue weighted by molar-refractivity contribution is 0.0653. The molecule has 0 amide bonds. The number of halogens is 5. The van der Waals surface area contributed by atoms with E-state index in [1.54, 1.807) is 13.8 Å². The minimum atomic E-state index is -3.74. The largest absolute Gasteiger partial charge is 0.361 e. The second-order valence-corrected chi connectivity index (χ2v) is 6.66. The summed E-state index contributed by atoms with van der Waals surface area (Å²) in [6.45, 7) is 3.39. The first-order valence-electron chi connectivity index (χ1n) is 6.70. The van der Waals surface area contributed by atoms with Gasteiger partial charge in [0.1, 0.15) is 0 Å². The van der Waals surface area contributed by atoms with E-state index in [4.69, 9.17) is 13.8 Å². The highest BCUT2D eigenvalue weighted by Gasteiger charge is 2.34. The summed E-state index contributed by atoms with van der Waals surface area (Å²) >= 11 is 0. The van der Waals surface area contributed by atoms with Crippen molar-refractivity contribution >= 4 is 7.60 Å². The Balaban J connectivity index is 3.00. The van der Waals surface area contributed by atoms with Crippen molar-refractivity contribution in [3.8, 4) is 0 Å². The third-order valence-corrected chi connectivity index (χ3v) is 5.11. The fourth-order valence-electron chi connectivity index (χ4n) is 1.68. The van der Waals surface area contributed by atoms with Crippen LogP contribution in [0.2, 0.25) is 0 Å². The summed E-state index contributed by atoms with van der Waals surface area (Å²) in [6.07, 6.45) is 0. The number of rotatable bonds is 8. The molecule has 0 radical (unpaired) electrons. The summed E-state index contributed by atoms with van der Waals surface area (Å²) in [7, 11) is -3.74. The summed E-state index contributed by atoms with van der Waals surface area (Å²) in [4.78, 5) is 0. The molecule has 0 saturated carbocycles.